The highest BCUT2D eigenvalue weighted by Crippen LogP contribution is 2.49. The van der Waals surface area contributed by atoms with Crippen molar-refractivity contribution in [2.75, 3.05) is 0 Å². The lowest BCUT2D eigenvalue weighted by Gasteiger charge is -2.37. The molecule has 0 spiro atoms. The Kier molecular flexibility index (Phi) is 8.12. The SMILES string of the molecule is CC1=NC2c3nc(C4C=CC=CC4)cc(-c4cccc(-c5cccc(-c6nc(C7=CCCC=C7)nc(-c7ccccc7)n6)c5)c4)c3C=CC2(C)C=C1. The van der Waals surface area contributed by atoms with E-state index in [9.17, 15) is 0 Å². The number of hydrogen-bond acceptors (Lipinski definition) is 5. The van der Waals surface area contributed by atoms with Crippen molar-refractivity contribution in [3.63, 3.8) is 0 Å². The Morgan fingerprint density at radius 1 is 0.635 bits per heavy atom. The number of aromatic nitrogens is 4. The molecule has 0 N–H and O–H groups in total. The van der Waals surface area contributed by atoms with Crippen LogP contribution >= 0.6 is 0 Å². The van der Waals surface area contributed by atoms with Crippen LogP contribution in [0.2, 0.25) is 0 Å². The first-order valence-electron chi connectivity index (χ1n) is 18.2. The van der Waals surface area contributed by atoms with Gasteiger partial charge in [0, 0.05) is 45.0 Å². The van der Waals surface area contributed by atoms with E-state index in [1.54, 1.807) is 0 Å². The lowest BCUT2D eigenvalue weighted by atomic mass is 9.72. The summed E-state index contributed by atoms with van der Waals surface area (Å²) < 4.78 is 0. The quantitative estimate of drug-likeness (QED) is 0.180. The third kappa shape index (κ3) is 6.02. The molecule has 0 saturated heterocycles. The summed E-state index contributed by atoms with van der Waals surface area (Å²) in [6, 6.07) is 29.8. The molecule has 5 nitrogen and oxygen atoms in total. The molecule has 0 bridgehead atoms. The van der Waals surface area contributed by atoms with E-state index in [0.29, 0.717) is 17.5 Å². The average molecular weight is 674 g/mol. The maximum Gasteiger partial charge on any atom is 0.164 e. The summed E-state index contributed by atoms with van der Waals surface area (Å²) in [4.78, 5) is 25.5. The number of pyridine rings is 1. The number of dihydropyridines is 1. The zero-order valence-corrected chi connectivity index (χ0v) is 29.4. The first-order chi connectivity index (χ1) is 25.5. The minimum Gasteiger partial charge on any atom is -0.279 e. The van der Waals surface area contributed by atoms with E-state index in [-0.39, 0.29) is 17.4 Å². The van der Waals surface area contributed by atoms with Crippen LogP contribution in [0.1, 0.15) is 67.8 Å². The number of fused-ring (bicyclic) bond motifs is 3. The average Bonchev–Trinajstić information content (AvgIpc) is 3.21. The second-order valence-corrected chi connectivity index (χ2v) is 14.2. The molecule has 9 rings (SSSR count). The zero-order chi connectivity index (χ0) is 35.1. The lowest BCUT2D eigenvalue weighted by Crippen LogP contribution is -2.28. The molecule has 1 aliphatic heterocycles. The van der Waals surface area contributed by atoms with Gasteiger partial charge in [0.25, 0.3) is 0 Å². The summed E-state index contributed by atoms with van der Waals surface area (Å²) >= 11 is 0. The monoisotopic (exact) mass is 673 g/mol. The minimum atomic E-state index is -0.209. The first kappa shape index (κ1) is 31.9. The van der Waals surface area contributed by atoms with Crippen LogP contribution in [0.25, 0.3) is 56.7 Å². The molecule has 252 valence electrons. The van der Waals surface area contributed by atoms with Gasteiger partial charge in [0.15, 0.2) is 17.5 Å². The van der Waals surface area contributed by atoms with Gasteiger partial charge in [-0.05, 0) is 72.7 Å². The summed E-state index contributed by atoms with van der Waals surface area (Å²) in [7, 11) is 0. The molecular formula is C47H39N5. The third-order valence-electron chi connectivity index (χ3n) is 10.5. The first-order valence-corrected chi connectivity index (χ1v) is 18.2. The molecule has 0 amide bonds. The van der Waals surface area contributed by atoms with Crippen molar-refractivity contribution in [2.24, 2.45) is 10.4 Å². The van der Waals surface area contributed by atoms with Gasteiger partial charge in [0.2, 0.25) is 0 Å². The zero-order valence-electron chi connectivity index (χ0n) is 29.4. The number of hydrogen-bond donors (Lipinski definition) is 0. The molecule has 0 fully saturated rings. The number of allylic oxidation sites excluding steroid dienone is 9. The fraction of sp³-hybridized carbons (Fsp3) is 0.170. The number of benzene rings is 3. The van der Waals surface area contributed by atoms with Crippen molar-refractivity contribution < 1.29 is 0 Å². The summed E-state index contributed by atoms with van der Waals surface area (Å²) in [5.41, 5.74) is 11.6. The molecular weight excluding hydrogens is 635 g/mol. The fourth-order valence-corrected chi connectivity index (χ4v) is 7.58. The van der Waals surface area contributed by atoms with Crippen molar-refractivity contribution in [3.05, 3.63) is 168 Å². The molecule has 5 heteroatoms. The molecule has 3 unspecified atom stereocenters. The van der Waals surface area contributed by atoms with Crippen LogP contribution in [0.3, 0.4) is 0 Å². The van der Waals surface area contributed by atoms with Gasteiger partial charge in [0.05, 0.1) is 5.69 Å². The van der Waals surface area contributed by atoms with Gasteiger partial charge in [-0.25, -0.2) is 15.0 Å². The fourth-order valence-electron chi connectivity index (χ4n) is 7.58. The summed E-state index contributed by atoms with van der Waals surface area (Å²) in [6.45, 7) is 4.34. The van der Waals surface area contributed by atoms with E-state index in [0.717, 1.165) is 75.3 Å². The maximum absolute atomic E-state index is 5.38. The van der Waals surface area contributed by atoms with Gasteiger partial charge in [-0.15, -0.1) is 0 Å². The largest absolute Gasteiger partial charge is 0.279 e. The van der Waals surface area contributed by atoms with Crippen LogP contribution in [0, 0.1) is 5.41 Å². The second-order valence-electron chi connectivity index (χ2n) is 14.2. The molecule has 52 heavy (non-hydrogen) atoms. The summed E-state index contributed by atoms with van der Waals surface area (Å²) in [5.74, 6) is 2.26. The Morgan fingerprint density at radius 3 is 2.12 bits per heavy atom. The van der Waals surface area contributed by atoms with Crippen LogP contribution in [-0.2, 0) is 0 Å². The van der Waals surface area contributed by atoms with Crippen molar-refractivity contribution >= 4 is 17.4 Å². The van der Waals surface area contributed by atoms with E-state index in [2.05, 4.69) is 147 Å². The molecule has 0 saturated carbocycles. The van der Waals surface area contributed by atoms with Gasteiger partial charge >= 0.3 is 0 Å². The van der Waals surface area contributed by atoms with Gasteiger partial charge < -0.3 is 0 Å². The van der Waals surface area contributed by atoms with Crippen LogP contribution < -0.4 is 0 Å². The molecule has 3 atom stereocenters. The Bertz CT molecular complexity index is 2430. The highest BCUT2D eigenvalue weighted by Gasteiger charge is 2.39. The molecule has 3 heterocycles. The Balaban J connectivity index is 1.14. The van der Waals surface area contributed by atoms with Crippen molar-refractivity contribution in [1.82, 2.24) is 19.9 Å². The lowest BCUT2D eigenvalue weighted by molar-refractivity contribution is 0.419. The highest BCUT2D eigenvalue weighted by atomic mass is 15.0. The minimum absolute atomic E-state index is 0.0647. The van der Waals surface area contributed by atoms with Crippen LogP contribution in [0.5, 0.6) is 0 Å². The predicted molar refractivity (Wildman–Crippen MR) is 213 cm³/mol. The molecule has 2 aromatic heterocycles. The molecule has 3 aromatic carbocycles. The van der Waals surface area contributed by atoms with E-state index < -0.39 is 0 Å². The maximum atomic E-state index is 5.38. The number of rotatable bonds is 6. The normalized spacial score (nSPS) is 21.3. The van der Waals surface area contributed by atoms with Gasteiger partial charge in [0.1, 0.15) is 6.04 Å². The van der Waals surface area contributed by atoms with Crippen molar-refractivity contribution in [2.45, 2.75) is 45.1 Å². The summed E-state index contributed by atoms with van der Waals surface area (Å²) in [5, 5.41) is 0. The highest BCUT2D eigenvalue weighted by molar-refractivity contribution is 5.94. The Morgan fingerprint density at radius 2 is 1.35 bits per heavy atom. The van der Waals surface area contributed by atoms with Crippen molar-refractivity contribution in [3.8, 4) is 45.0 Å². The van der Waals surface area contributed by atoms with E-state index in [4.69, 9.17) is 24.9 Å². The van der Waals surface area contributed by atoms with E-state index in [1.807, 2.05) is 18.2 Å². The number of aliphatic imine (C=N–C) groups is 1. The molecule has 4 aliphatic rings. The van der Waals surface area contributed by atoms with Gasteiger partial charge in [-0.1, -0.05) is 134 Å². The summed E-state index contributed by atoms with van der Waals surface area (Å²) in [6.07, 6.45) is 27.2. The van der Waals surface area contributed by atoms with Crippen molar-refractivity contribution in [1.29, 1.82) is 0 Å². The predicted octanol–water partition coefficient (Wildman–Crippen LogP) is 11.4. The van der Waals surface area contributed by atoms with E-state index in [1.165, 1.54) is 5.56 Å². The molecule has 5 aromatic rings. The smallest absolute Gasteiger partial charge is 0.164 e. The molecule has 3 aliphatic carbocycles. The van der Waals surface area contributed by atoms with Gasteiger partial charge in [-0.3, -0.25) is 9.98 Å². The molecule has 0 radical (unpaired) electrons. The topological polar surface area (TPSA) is 63.9 Å². The van der Waals surface area contributed by atoms with Gasteiger partial charge in [-0.2, -0.15) is 0 Å². The second kappa shape index (κ2) is 13.2. The van der Waals surface area contributed by atoms with E-state index >= 15 is 0 Å². The van der Waals surface area contributed by atoms with Crippen LogP contribution in [0.15, 0.2) is 151 Å². The Hall–Kier alpha value is -6.07. The van der Waals surface area contributed by atoms with Crippen LogP contribution in [0.4, 0.5) is 0 Å². The van der Waals surface area contributed by atoms with Crippen LogP contribution in [-0.4, -0.2) is 25.6 Å². The standard InChI is InChI=1S/C47H39N5/c1-31-24-26-47(2)27-25-39-40(30-41(32-14-6-3-7-15-32)49-42(39)43(47)48-31)37-22-12-20-35(28-37)36-21-13-23-38(29-36)46-51-44(33-16-8-4-9-17-33)50-45(52-46)34-18-10-5-11-19-34/h3-4,6-10,12-14,16-30,32,43H,5,11,15H2,1-2H3. The number of nitrogens with zero attached hydrogens (tertiary/aromatic N) is 5. The third-order valence-corrected chi connectivity index (χ3v) is 10.5. The Labute approximate surface area is 305 Å².